The minimum atomic E-state index is 0.326. The highest BCUT2D eigenvalue weighted by Gasteiger charge is 2.22. The second kappa shape index (κ2) is 6.66. The van der Waals surface area contributed by atoms with Gasteiger partial charge >= 0.3 is 0 Å². The first kappa shape index (κ1) is 14.0. The highest BCUT2D eigenvalue weighted by Crippen LogP contribution is 2.27. The summed E-state index contributed by atoms with van der Waals surface area (Å²) in [4.78, 5) is 4.91. The molecule has 0 bridgehead atoms. The van der Waals surface area contributed by atoms with E-state index in [-0.39, 0.29) is 0 Å². The summed E-state index contributed by atoms with van der Waals surface area (Å²) >= 11 is 3.64. The van der Waals surface area contributed by atoms with Gasteiger partial charge < -0.3 is 10.6 Å². The van der Waals surface area contributed by atoms with E-state index in [1.54, 1.807) is 0 Å². The van der Waals surface area contributed by atoms with Crippen molar-refractivity contribution in [1.29, 1.82) is 0 Å². The number of nitrogens with two attached hydrogens (primary N) is 1. The van der Waals surface area contributed by atoms with Gasteiger partial charge in [-0.1, -0.05) is 34.1 Å². The quantitative estimate of drug-likeness (QED) is 0.927. The standard InChI is InChI=1S/C14H22BrN3/c1-17-7-4-8-18(10-9-17)14(11-16)12-5-2-3-6-13(12)15/h2-3,5-6,14H,4,7-11,16H2,1H3. The molecule has 1 aromatic rings. The van der Waals surface area contributed by atoms with Gasteiger partial charge in [-0.25, -0.2) is 0 Å². The molecule has 2 rings (SSSR count). The lowest BCUT2D eigenvalue weighted by molar-refractivity contribution is 0.207. The third kappa shape index (κ3) is 3.32. The topological polar surface area (TPSA) is 32.5 Å². The lowest BCUT2D eigenvalue weighted by atomic mass is 10.1. The average molecular weight is 312 g/mol. The van der Waals surface area contributed by atoms with Crippen molar-refractivity contribution < 1.29 is 0 Å². The Morgan fingerprint density at radius 2 is 2.00 bits per heavy atom. The number of rotatable bonds is 3. The molecular weight excluding hydrogens is 290 g/mol. The number of likely N-dealkylation sites (N-methyl/N-ethyl adjacent to an activating group) is 1. The lowest BCUT2D eigenvalue weighted by Crippen LogP contribution is -2.36. The van der Waals surface area contributed by atoms with Crippen LogP contribution in [-0.4, -0.2) is 49.6 Å². The molecule has 3 nitrogen and oxygen atoms in total. The van der Waals surface area contributed by atoms with Crippen molar-refractivity contribution in [3.05, 3.63) is 34.3 Å². The smallest absolute Gasteiger partial charge is 0.0482 e. The number of hydrogen-bond donors (Lipinski definition) is 1. The van der Waals surface area contributed by atoms with E-state index >= 15 is 0 Å². The van der Waals surface area contributed by atoms with Gasteiger partial charge in [0.15, 0.2) is 0 Å². The van der Waals surface area contributed by atoms with E-state index in [1.807, 2.05) is 0 Å². The van der Waals surface area contributed by atoms with Crippen molar-refractivity contribution in [2.45, 2.75) is 12.5 Å². The normalized spacial score (nSPS) is 20.6. The average Bonchev–Trinajstić information content (AvgIpc) is 2.58. The molecule has 4 heteroatoms. The molecule has 1 aromatic carbocycles. The zero-order valence-corrected chi connectivity index (χ0v) is 12.6. The van der Waals surface area contributed by atoms with E-state index < -0.39 is 0 Å². The molecule has 1 heterocycles. The van der Waals surface area contributed by atoms with Crippen LogP contribution in [0.15, 0.2) is 28.7 Å². The van der Waals surface area contributed by atoms with Crippen LogP contribution in [0.5, 0.6) is 0 Å². The summed E-state index contributed by atoms with van der Waals surface area (Å²) in [5.74, 6) is 0. The van der Waals surface area contributed by atoms with Crippen molar-refractivity contribution >= 4 is 15.9 Å². The Hall–Kier alpha value is -0.420. The molecule has 1 atom stereocenters. The summed E-state index contributed by atoms with van der Waals surface area (Å²) in [5, 5.41) is 0. The first-order valence-electron chi connectivity index (χ1n) is 6.59. The van der Waals surface area contributed by atoms with E-state index in [9.17, 15) is 0 Å². The van der Waals surface area contributed by atoms with Crippen LogP contribution in [0.4, 0.5) is 0 Å². The van der Waals surface area contributed by atoms with Crippen LogP contribution in [0.25, 0.3) is 0 Å². The summed E-state index contributed by atoms with van der Waals surface area (Å²) in [6, 6.07) is 8.74. The Kier molecular flexibility index (Phi) is 5.18. The summed E-state index contributed by atoms with van der Waals surface area (Å²) in [6.45, 7) is 5.21. The fraction of sp³-hybridized carbons (Fsp3) is 0.571. The molecule has 1 saturated heterocycles. The molecule has 18 heavy (non-hydrogen) atoms. The van der Waals surface area contributed by atoms with Gasteiger partial charge in [-0.2, -0.15) is 0 Å². The van der Waals surface area contributed by atoms with E-state index in [0.717, 1.165) is 24.1 Å². The second-order valence-electron chi connectivity index (χ2n) is 4.97. The highest BCUT2D eigenvalue weighted by atomic mass is 79.9. The van der Waals surface area contributed by atoms with Crippen molar-refractivity contribution in [2.75, 3.05) is 39.8 Å². The van der Waals surface area contributed by atoms with Crippen LogP contribution in [-0.2, 0) is 0 Å². The SMILES string of the molecule is CN1CCCN(C(CN)c2ccccc2Br)CC1. The maximum absolute atomic E-state index is 6.01. The van der Waals surface area contributed by atoms with Crippen molar-refractivity contribution in [3.63, 3.8) is 0 Å². The van der Waals surface area contributed by atoms with Crippen LogP contribution in [0.3, 0.4) is 0 Å². The monoisotopic (exact) mass is 311 g/mol. The third-order valence-electron chi connectivity index (χ3n) is 3.68. The van der Waals surface area contributed by atoms with Gasteiger partial charge in [-0.05, 0) is 31.6 Å². The summed E-state index contributed by atoms with van der Waals surface area (Å²) in [6.07, 6.45) is 1.22. The molecule has 0 spiro atoms. The third-order valence-corrected chi connectivity index (χ3v) is 4.40. The summed E-state index contributed by atoms with van der Waals surface area (Å²) in [7, 11) is 2.19. The molecule has 0 amide bonds. The molecule has 1 unspecified atom stereocenters. The van der Waals surface area contributed by atoms with Crippen LogP contribution < -0.4 is 5.73 Å². The number of benzene rings is 1. The predicted molar refractivity (Wildman–Crippen MR) is 79.6 cm³/mol. The molecule has 100 valence electrons. The van der Waals surface area contributed by atoms with Crippen LogP contribution >= 0.6 is 15.9 Å². The maximum Gasteiger partial charge on any atom is 0.0482 e. The molecule has 1 aliphatic rings. The number of hydrogen-bond acceptors (Lipinski definition) is 3. The largest absolute Gasteiger partial charge is 0.329 e. The van der Waals surface area contributed by atoms with Crippen LogP contribution in [0.2, 0.25) is 0 Å². The minimum Gasteiger partial charge on any atom is -0.329 e. The summed E-state index contributed by atoms with van der Waals surface area (Å²) < 4.78 is 1.16. The van der Waals surface area contributed by atoms with Gasteiger partial charge in [0.05, 0.1) is 0 Å². The zero-order chi connectivity index (χ0) is 13.0. The van der Waals surface area contributed by atoms with Crippen LogP contribution in [0, 0.1) is 0 Å². The molecular formula is C14H22BrN3. The van der Waals surface area contributed by atoms with E-state index in [4.69, 9.17) is 5.73 Å². The zero-order valence-electron chi connectivity index (χ0n) is 11.0. The molecule has 1 fully saturated rings. The van der Waals surface area contributed by atoms with Gasteiger partial charge in [-0.3, -0.25) is 4.90 Å². The molecule has 1 aliphatic heterocycles. The first-order chi connectivity index (χ1) is 8.72. The maximum atomic E-state index is 6.01. The first-order valence-corrected chi connectivity index (χ1v) is 7.38. The number of nitrogens with zero attached hydrogens (tertiary/aromatic N) is 2. The molecule has 0 aromatic heterocycles. The lowest BCUT2D eigenvalue weighted by Gasteiger charge is -2.30. The molecule has 0 radical (unpaired) electrons. The van der Waals surface area contributed by atoms with Crippen molar-refractivity contribution in [2.24, 2.45) is 5.73 Å². The van der Waals surface area contributed by atoms with Gasteiger partial charge in [0, 0.05) is 36.7 Å². The Balaban J connectivity index is 2.15. The molecule has 0 aliphatic carbocycles. The van der Waals surface area contributed by atoms with Gasteiger partial charge in [0.2, 0.25) is 0 Å². The Morgan fingerprint density at radius 1 is 1.22 bits per heavy atom. The van der Waals surface area contributed by atoms with E-state index in [2.05, 4.69) is 57.0 Å². The molecule has 0 saturated carbocycles. The fourth-order valence-corrected chi connectivity index (χ4v) is 3.15. The van der Waals surface area contributed by atoms with Gasteiger partial charge in [-0.15, -0.1) is 0 Å². The Bertz CT molecular complexity index is 383. The van der Waals surface area contributed by atoms with Crippen molar-refractivity contribution in [1.82, 2.24) is 9.80 Å². The fourth-order valence-electron chi connectivity index (χ4n) is 2.60. The predicted octanol–water partition coefficient (Wildman–Crippen LogP) is 2.09. The number of halogens is 1. The van der Waals surface area contributed by atoms with Gasteiger partial charge in [0.1, 0.15) is 0 Å². The second-order valence-corrected chi connectivity index (χ2v) is 5.82. The van der Waals surface area contributed by atoms with E-state index in [1.165, 1.54) is 18.5 Å². The highest BCUT2D eigenvalue weighted by molar-refractivity contribution is 9.10. The Labute approximate surface area is 118 Å². The van der Waals surface area contributed by atoms with Crippen molar-refractivity contribution in [3.8, 4) is 0 Å². The van der Waals surface area contributed by atoms with Crippen LogP contribution in [0.1, 0.15) is 18.0 Å². The Morgan fingerprint density at radius 3 is 2.72 bits per heavy atom. The summed E-state index contributed by atoms with van der Waals surface area (Å²) in [5.41, 5.74) is 7.32. The van der Waals surface area contributed by atoms with E-state index in [0.29, 0.717) is 12.6 Å². The van der Waals surface area contributed by atoms with Gasteiger partial charge in [0.25, 0.3) is 0 Å². The molecule has 2 N–H and O–H groups in total. The minimum absolute atomic E-state index is 0.326.